The second-order valence-corrected chi connectivity index (χ2v) is 5.62. The highest BCUT2D eigenvalue weighted by Gasteiger charge is 2.19. The van der Waals surface area contributed by atoms with E-state index in [-0.39, 0.29) is 12.6 Å². The molecule has 2 aromatic heterocycles. The largest absolute Gasteiger partial charge is 0.481 e. The number of aliphatic hydroxyl groups is 1. The summed E-state index contributed by atoms with van der Waals surface area (Å²) in [6, 6.07) is 4.00. The van der Waals surface area contributed by atoms with E-state index in [1.807, 2.05) is 6.07 Å². The van der Waals surface area contributed by atoms with E-state index in [1.54, 1.807) is 19.4 Å². The summed E-state index contributed by atoms with van der Waals surface area (Å²) in [5, 5.41) is 13.1. The number of hydrogen-bond donors (Lipinski definition) is 3. The van der Waals surface area contributed by atoms with Crippen LogP contribution in [0.2, 0.25) is 0 Å². The van der Waals surface area contributed by atoms with Gasteiger partial charge in [-0.25, -0.2) is 9.97 Å². The topological polar surface area (TPSA) is 106 Å². The quantitative estimate of drug-likeness (QED) is 0.774. The van der Waals surface area contributed by atoms with Crippen molar-refractivity contribution in [3.8, 4) is 17.0 Å². The van der Waals surface area contributed by atoms with Crippen molar-refractivity contribution in [1.29, 1.82) is 0 Å². The summed E-state index contributed by atoms with van der Waals surface area (Å²) in [5.74, 6) is 1.37. The third-order valence-electron chi connectivity index (χ3n) is 4.10. The van der Waals surface area contributed by atoms with E-state index < -0.39 is 0 Å². The van der Waals surface area contributed by atoms with Crippen molar-refractivity contribution in [2.45, 2.75) is 38.3 Å². The second-order valence-electron chi connectivity index (χ2n) is 5.62. The summed E-state index contributed by atoms with van der Waals surface area (Å²) >= 11 is 0. The molecule has 0 bridgehead atoms. The number of hydrogen-bond acceptors (Lipinski definition) is 7. The molecule has 3 rings (SSSR count). The maximum atomic E-state index is 9.63. The number of nitrogens with one attached hydrogen (secondary N) is 1. The van der Waals surface area contributed by atoms with Gasteiger partial charge in [0.2, 0.25) is 11.8 Å². The summed E-state index contributed by atoms with van der Waals surface area (Å²) in [7, 11) is 1.54. The summed E-state index contributed by atoms with van der Waals surface area (Å²) in [6.07, 6.45) is 6.36. The highest BCUT2D eigenvalue weighted by molar-refractivity contribution is 5.77. The molecule has 0 amide bonds. The van der Waals surface area contributed by atoms with Crippen LogP contribution >= 0.6 is 0 Å². The summed E-state index contributed by atoms with van der Waals surface area (Å²) in [6.45, 7) is -0.195. The number of anilines is 2. The predicted molar refractivity (Wildman–Crippen MR) is 88.0 cm³/mol. The third kappa shape index (κ3) is 3.34. The Hall–Kier alpha value is -2.41. The SMILES string of the molecule is COc1ccc(-c2cnc(N)nc2NC2CCCC2)c(CO)n1. The first-order valence-electron chi connectivity index (χ1n) is 7.75. The summed E-state index contributed by atoms with van der Waals surface area (Å²) in [4.78, 5) is 12.7. The summed E-state index contributed by atoms with van der Waals surface area (Å²) < 4.78 is 5.12. The Morgan fingerprint density at radius 2 is 2.04 bits per heavy atom. The zero-order chi connectivity index (χ0) is 16.2. The highest BCUT2D eigenvalue weighted by atomic mass is 16.5. The number of pyridine rings is 1. The number of nitrogen functional groups attached to an aromatic ring is 1. The molecule has 1 aliphatic rings. The van der Waals surface area contributed by atoms with E-state index in [4.69, 9.17) is 10.5 Å². The van der Waals surface area contributed by atoms with Crippen molar-refractivity contribution in [2.24, 2.45) is 0 Å². The van der Waals surface area contributed by atoms with Crippen LogP contribution in [0.5, 0.6) is 5.88 Å². The van der Waals surface area contributed by atoms with Gasteiger partial charge in [-0.1, -0.05) is 12.8 Å². The van der Waals surface area contributed by atoms with Crippen LogP contribution in [-0.4, -0.2) is 33.2 Å². The first kappa shape index (κ1) is 15.5. The van der Waals surface area contributed by atoms with Crippen LogP contribution < -0.4 is 15.8 Å². The molecular weight excluding hydrogens is 294 g/mol. The highest BCUT2D eigenvalue weighted by Crippen LogP contribution is 2.32. The molecule has 2 heterocycles. The average molecular weight is 315 g/mol. The van der Waals surface area contributed by atoms with Crippen molar-refractivity contribution < 1.29 is 9.84 Å². The minimum Gasteiger partial charge on any atom is -0.481 e. The van der Waals surface area contributed by atoms with Gasteiger partial charge in [0.15, 0.2) is 0 Å². The number of methoxy groups -OCH3 is 1. The Morgan fingerprint density at radius 3 is 2.74 bits per heavy atom. The van der Waals surface area contributed by atoms with Crippen LogP contribution in [0, 0.1) is 0 Å². The summed E-state index contributed by atoms with van der Waals surface area (Å²) in [5.41, 5.74) is 7.82. The van der Waals surface area contributed by atoms with Gasteiger partial charge in [-0.05, 0) is 18.9 Å². The lowest BCUT2D eigenvalue weighted by Gasteiger charge is -2.17. The number of aromatic nitrogens is 3. The lowest BCUT2D eigenvalue weighted by atomic mass is 10.1. The molecule has 23 heavy (non-hydrogen) atoms. The van der Waals surface area contributed by atoms with Crippen LogP contribution in [-0.2, 0) is 6.61 Å². The molecule has 122 valence electrons. The number of nitrogens with two attached hydrogens (primary N) is 1. The Kier molecular flexibility index (Phi) is 4.57. The minimum atomic E-state index is -0.195. The van der Waals surface area contributed by atoms with Crippen LogP contribution in [0.3, 0.4) is 0 Å². The lowest BCUT2D eigenvalue weighted by molar-refractivity contribution is 0.275. The van der Waals surface area contributed by atoms with Gasteiger partial charge >= 0.3 is 0 Å². The molecule has 1 aliphatic carbocycles. The monoisotopic (exact) mass is 315 g/mol. The number of ether oxygens (including phenoxy) is 1. The fraction of sp³-hybridized carbons (Fsp3) is 0.438. The van der Waals surface area contributed by atoms with Crippen molar-refractivity contribution in [3.05, 3.63) is 24.0 Å². The van der Waals surface area contributed by atoms with Crippen molar-refractivity contribution in [3.63, 3.8) is 0 Å². The second kappa shape index (κ2) is 6.78. The normalized spacial score (nSPS) is 14.9. The van der Waals surface area contributed by atoms with Crippen LogP contribution in [0.1, 0.15) is 31.4 Å². The molecule has 0 aromatic carbocycles. The third-order valence-corrected chi connectivity index (χ3v) is 4.10. The van der Waals surface area contributed by atoms with Gasteiger partial charge in [-0.2, -0.15) is 4.98 Å². The van der Waals surface area contributed by atoms with Gasteiger partial charge < -0.3 is 20.9 Å². The minimum absolute atomic E-state index is 0.195. The van der Waals surface area contributed by atoms with Crippen molar-refractivity contribution in [1.82, 2.24) is 15.0 Å². The van der Waals surface area contributed by atoms with E-state index in [2.05, 4.69) is 20.3 Å². The Morgan fingerprint density at radius 1 is 1.26 bits per heavy atom. The van der Waals surface area contributed by atoms with Crippen molar-refractivity contribution >= 4 is 11.8 Å². The Balaban J connectivity index is 2.01. The molecule has 0 radical (unpaired) electrons. The Labute approximate surface area is 134 Å². The molecule has 2 aromatic rings. The van der Waals surface area contributed by atoms with Gasteiger partial charge in [0.25, 0.3) is 0 Å². The first-order valence-corrected chi connectivity index (χ1v) is 7.75. The zero-order valence-electron chi connectivity index (χ0n) is 13.1. The van der Waals surface area contributed by atoms with Crippen LogP contribution in [0.25, 0.3) is 11.1 Å². The molecular formula is C16H21N5O2. The van der Waals surface area contributed by atoms with E-state index in [9.17, 15) is 5.11 Å². The molecule has 7 heteroatoms. The molecule has 7 nitrogen and oxygen atoms in total. The molecule has 0 spiro atoms. The Bertz CT molecular complexity index is 686. The van der Waals surface area contributed by atoms with Crippen LogP contribution in [0.15, 0.2) is 18.3 Å². The van der Waals surface area contributed by atoms with Gasteiger partial charge in [-0.15, -0.1) is 0 Å². The molecule has 0 aliphatic heterocycles. The molecule has 0 unspecified atom stereocenters. The maximum absolute atomic E-state index is 9.63. The van der Waals surface area contributed by atoms with E-state index in [0.29, 0.717) is 23.4 Å². The number of rotatable bonds is 5. The van der Waals surface area contributed by atoms with E-state index >= 15 is 0 Å². The predicted octanol–water partition coefficient (Wildman–Crippen LogP) is 1.98. The molecule has 0 saturated heterocycles. The van der Waals surface area contributed by atoms with E-state index in [0.717, 1.165) is 24.0 Å². The first-order chi connectivity index (χ1) is 11.2. The van der Waals surface area contributed by atoms with E-state index in [1.165, 1.54) is 12.8 Å². The number of aliphatic hydroxyl groups excluding tert-OH is 1. The molecule has 4 N–H and O–H groups in total. The average Bonchev–Trinajstić information content (AvgIpc) is 3.07. The molecule has 0 atom stereocenters. The number of nitrogens with zero attached hydrogens (tertiary/aromatic N) is 3. The standard InChI is InChI=1S/C16H21N5O2/c1-23-14-7-6-11(13(9-22)20-14)12-8-18-16(17)21-15(12)19-10-4-2-3-5-10/h6-8,10,22H,2-5,9H2,1H3,(H3,17,18,19,21). The van der Waals surface area contributed by atoms with Crippen LogP contribution in [0.4, 0.5) is 11.8 Å². The fourth-order valence-corrected chi connectivity index (χ4v) is 2.93. The zero-order valence-corrected chi connectivity index (χ0v) is 13.1. The van der Waals surface area contributed by atoms with Gasteiger partial charge in [-0.3, -0.25) is 0 Å². The van der Waals surface area contributed by atoms with Gasteiger partial charge in [0.05, 0.1) is 19.4 Å². The van der Waals surface area contributed by atoms with Crippen molar-refractivity contribution in [2.75, 3.05) is 18.2 Å². The maximum Gasteiger partial charge on any atom is 0.221 e. The smallest absolute Gasteiger partial charge is 0.221 e. The lowest BCUT2D eigenvalue weighted by Crippen LogP contribution is -2.17. The van der Waals surface area contributed by atoms with Gasteiger partial charge in [0, 0.05) is 29.4 Å². The fourth-order valence-electron chi connectivity index (χ4n) is 2.93. The van der Waals surface area contributed by atoms with Gasteiger partial charge in [0.1, 0.15) is 5.82 Å². The molecule has 1 saturated carbocycles. The molecule has 1 fully saturated rings.